The summed E-state index contributed by atoms with van der Waals surface area (Å²) in [6.07, 6.45) is -0.535. The smallest absolute Gasteiger partial charge is 0.357 e. The topological polar surface area (TPSA) is 122 Å². The molecule has 3 atom stereocenters. The zero-order valence-electron chi connectivity index (χ0n) is 16.2. The molecular formula is C17H26FN5O4Si. The number of halogens is 1. The first-order valence-electron chi connectivity index (χ1n) is 9.28. The predicted octanol–water partition coefficient (Wildman–Crippen LogP) is 2.11. The Balaban J connectivity index is 1.85. The number of anilines is 1. The Bertz CT molecular complexity index is 856. The van der Waals surface area contributed by atoms with Crippen molar-refractivity contribution in [3.8, 4) is 0 Å². The fourth-order valence-electron chi connectivity index (χ4n) is 3.15. The monoisotopic (exact) mass is 411 g/mol. The van der Waals surface area contributed by atoms with Gasteiger partial charge in [0.1, 0.15) is 31.2 Å². The van der Waals surface area contributed by atoms with Gasteiger partial charge in [0.25, 0.3) is 0 Å². The number of alkyl halides is 1. The minimum absolute atomic E-state index is 0.0727. The maximum absolute atomic E-state index is 13.6. The molecule has 2 aromatic rings. The second-order valence-corrected chi connectivity index (χ2v) is 13.9. The Labute approximate surface area is 162 Å². The summed E-state index contributed by atoms with van der Waals surface area (Å²) < 4.78 is 20.7. The molecule has 1 aliphatic rings. The van der Waals surface area contributed by atoms with Crippen LogP contribution in [0.15, 0.2) is 6.33 Å². The van der Waals surface area contributed by atoms with Crippen LogP contribution in [-0.4, -0.2) is 68.9 Å². The van der Waals surface area contributed by atoms with E-state index < -0.39 is 32.4 Å². The molecule has 0 bridgehead atoms. The third kappa shape index (κ3) is 4.47. The number of nitrogens with one attached hydrogen (secondary N) is 1. The molecule has 1 saturated carbocycles. The summed E-state index contributed by atoms with van der Waals surface area (Å²) in [5.41, 5.74) is 0.100. The molecule has 0 aliphatic heterocycles. The molecule has 0 spiro atoms. The van der Waals surface area contributed by atoms with E-state index >= 15 is 0 Å². The van der Waals surface area contributed by atoms with E-state index in [1.54, 1.807) is 0 Å². The van der Waals surface area contributed by atoms with Crippen molar-refractivity contribution in [2.24, 2.45) is 0 Å². The van der Waals surface area contributed by atoms with E-state index in [1.807, 2.05) is 0 Å². The lowest BCUT2D eigenvalue weighted by Crippen LogP contribution is -2.33. The molecule has 1 aliphatic carbocycles. The molecule has 1 fully saturated rings. The number of aliphatic hydroxyl groups is 1. The maximum atomic E-state index is 13.6. The van der Waals surface area contributed by atoms with Gasteiger partial charge in [-0.2, -0.15) is 5.10 Å². The lowest BCUT2D eigenvalue weighted by atomic mass is 10.2. The second-order valence-electron chi connectivity index (χ2n) is 8.26. The predicted molar refractivity (Wildman–Crippen MR) is 104 cm³/mol. The first-order chi connectivity index (χ1) is 13.2. The molecule has 11 heteroatoms. The summed E-state index contributed by atoms with van der Waals surface area (Å²) in [7, 11) is -1.24. The number of fused-ring (bicyclic) bond motifs is 1. The van der Waals surface area contributed by atoms with Crippen LogP contribution in [0.2, 0.25) is 25.7 Å². The van der Waals surface area contributed by atoms with Gasteiger partial charge in [0.2, 0.25) is 0 Å². The molecule has 9 nitrogen and oxygen atoms in total. The highest BCUT2D eigenvalue weighted by Crippen LogP contribution is 2.29. The van der Waals surface area contributed by atoms with Gasteiger partial charge in [-0.05, 0) is 18.9 Å². The van der Waals surface area contributed by atoms with Gasteiger partial charge in [0.15, 0.2) is 11.3 Å². The number of hydrogen-bond acceptors (Lipinski definition) is 7. The maximum Gasteiger partial charge on any atom is 0.357 e. The summed E-state index contributed by atoms with van der Waals surface area (Å²) in [4.78, 5) is 20.0. The minimum Gasteiger partial charge on any atom is -0.476 e. The highest BCUT2D eigenvalue weighted by molar-refractivity contribution is 6.76. The molecule has 3 rings (SSSR count). The molecule has 0 unspecified atom stereocenters. The fourth-order valence-corrected chi connectivity index (χ4v) is 3.91. The fraction of sp³-hybridized carbons (Fsp3) is 0.647. The van der Waals surface area contributed by atoms with Crippen LogP contribution in [0.3, 0.4) is 0 Å². The van der Waals surface area contributed by atoms with Crippen LogP contribution in [0.25, 0.3) is 11.0 Å². The Morgan fingerprint density at radius 3 is 2.75 bits per heavy atom. The first-order valence-corrected chi connectivity index (χ1v) is 13.0. The number of carboxylic acids is 1. The Morgan fingerprint density at radius 2 is 2.14 bits per heavy atom. The third-order valence-electron chi connectivity index (χ3n) is 4.80. The number of nitrogens with zero attached hydrogens (tertiary/aromatic N) is 4. The molecule has 0 radical (unpaired) electrons. The summed E-state index contributed by atoms with van der Waals surface area (Å²) in [5, 5.41) is 26.8. The van der Waals surface area contributed by atoms with Crippen LogP contribution in [0.5, 0.6) is 0 Å². The van der Waals surface area contributed by atoms with Crippen molar-refractivity contribution in [2.75, 3.05) is 11.9 Å². The van der Waals surface area contributed by atoms with Crippen LogP contribution in [0.1, 0.15) is 23.3 Å². The molecule has 154 valence electrons. The minimum atomic E-state index is -1.31. The van der Waals surface area contributed by atoms with Gasteiger partial charge in [-0.1, -0.05) is 19.6 Å². The zero-order chi connectivity index (χ0) is 20.5. The van der Waals surface area contributed by atoms with E-state index in [0.29, 0.717) is 18.7 Å². The van der Waals surface area contributed by atoms with E-state index in [0.717, 1.165) is 6.04 Å². The Hall–Kier alpha value is -2.11. The number of aliphatic hydroxyl groups excluding tert-OH is 1. The van der Waals surface area contributed by atoms with Gasteiger partial charge < -0.3 is 20.3 Å². The number of carbonyl (C=O) groups is 1. The Morgan fingerprint density at radius 1 is 1.39 bits per heavy atom. The number of carboxylic acid groups (broad SMARTS) is 1. The number of hydrogen-bond donors (Lipinski definition) is 3. The van der Waals surface area contributed by atoms with Crippen molar-refractivity contribution in [1.82, 2.24) is 19.7 Å². The highest BCUT2D eigenvalue weighted by atomic mass is 28.3. The normalized spacial score (nSPS) is 22.7. The SMILES string of the molecule is C[Si](C)(C)CCOCn1nc(C(=O)O)c2c(N[C@@H]3CC[C@H](F)[C@H]3O)ncnc21. The molecule has 2 aromatic heterocycles. The van der Waals surface area contributed by atoms with Gasteiger partial charge in [-0.3, -0.25) is 0 Å². The number of aromatic nitrogens is 4. The third-order valence-corrected chi connectivity index (χ3v) is 6.50. The van der Waals surface area contributed by atoms with Crippen molar-refractivity contribution < 1.29 is 24.1 Å². The average Bonchev–Trinajstić information content (AvgIpc) is 3.14. The van der Waals surface area contributed by atoms with Crippen LogP contribution < -0.4 is 5.32 Å². The summed E-state index contributed by atoms with van der Waals surface area (Å²) >= 11 is 0. The zero-order valence-corrected chi connectivity index (χ0v) is 17.2. The lowest BCUT2D eigenvalue weighted by Gasteiger charge is -2.18. The standard InChI is InChI=1S/C17H26FN5O4Si/c1-28(2,3)7-6-27-9-23-16-12(13(22-23)17(25)26)15(19-8-20-16)21-11-5-4-10(18)14(11)24/h8,10-11,14,24H,4-7,9H2,1-3H3,(H,25,26)(H,19,20,21)/t10-,11+,14+/m0/s1. The molecule has 0 saturated heterocycles. The molecule has 28 heavy (non-hydrogen) atoms. The highest BCUT2D eigenvalue weighted by Gasteiger charge is 2.35. The van der Waals surface area contributed by atoms with E-state index in [1.165, 1.54) is 11.0 Å². The summed E-state index contributed by atoms with van der Waals surface area (Å²) in [5.74, 6) is -1.01. The lowest BCUT2D eigenvalue weighted by molar-refractivity contribution is 0.0676. The van der Waals surface area contributed by atoms with Crippen LogP contribution >= 0.6 is 0 Å². The van der Waals surface area contributed by atoms with Crippen molar-refractivity contribution in [2.45, 2.75) is 63.6 Å². The van der Waals surface area contributed by atoms with Gasteiger partial charge in [-0.25, -0.2) is 23.8 Å². The van der Waals surface area contributed by atoms with Crippen molar-refractivity contribution in [3.63, 3.8) is 0 Å². The number of ether oxygens (including phenoxy) is 1. The molecular weight excluding hydrogens is 385 g/mol. The number of rotatable bonds is 8. The molecule has 0 aromatic carbocycles. The van der Waals surface area contributed by atoms with Crippen LogP contribution in [0, 0.1) is 0 Å². The van der Waals surface area contributed by atoms with E-state index in [9.17, 15) is 19.4 Å². The quantitative estimate of drug-likeness (QED) is 0.446. The average molecular weight is 412 g/mol. The van der Waals surface area contributed by atoms with Gasteiger partial charge in [-0.15, -0.1) is 0 Å². The second kappa shape index (κ2) is 8.09. The first kappa shape index (κ1) is 20.6. The largest absolute Gasteiger partial charge is 0.476 e. The van der Waals surface area contributed by atoms with Gasteiger partial charge >= 0.3 is 5.97 Å². The van der Waals surface area contributed by atoms with E-state index in [4.69, 9.17) is 4.74 Å². The van der Waals surface area contributed by atoms with E-state index in [2.05, 4.69) is 40.0 Å². The molecule has 0 amide bonds. The van der Waals surface area contributed by atoms with Crippen molar-refractivity contribution >= 4 is 30.9 Å². The Kier molecular flexibility index (Phi) is 5.96. The number of aromatic carboxylic acids is 1. The molecule has 3 N–H and O–H groups in total. The van der Waals surface area contributed by atoms with Gasteiger partial charge in [0.05, 0.1) is 11.4 Å². The molecule has 2 heterocycles. The van der Waals surface area contributed by atoms with Gasteiger partial charge in [0, 0.05) is 14.7 Å². The van der Waals surface area contributed by atoms with Crippen LogP contribution in [-0.2, 0) is 11.5 Å². The van der Waals surface area contributed by atoms with E-state index in [-0.39, 0.29) is 30.0 Å². The van der Waals surface area contributed by atoms with Crippen molar-refractivity contribution in [3.05, 3.63) is 12.0 Å². The van der Waals surface area contributed by atoms with Crippen LogP contribution in [0.4, 0.5) is 10.2 Å². The summed E-state index contributed by atoms with van der Waals surface area (Å²) in [6, 6.07) is 0.426. The summed E-state index contributed by atoms with van der Waals surface area (Å²) in [6.45, 7) is 7.36. The van der Waals surface area contributed by atoms with Crippen molar-refractivity contribution in [1.29, 1.82) is 0 Å².